The number of hydrogen-bond acceptors (Lipinski definition) is 7. The molecule has 1 N–H and O–H groups in total. The molecule has 110 valence electrons. The summed E-state index contributed by atoms with van der Waals surface area (Å²) in [6.07, 6.45) is 0. The van der Waals surface area contributed by atoms with Gasteiger partial charge in [0.1, 0.15) is 5.01 Å². The van der Waals surface area contributed by atoms with Crippen molar-refractivity contribution in [2.24, 2.45) is 0 Å². The molecule has 0 saturated carbocycles. The van der Waals surface area contributed by atoms with E-state index in [9.17, 15) is 25.3 Å². The molecule has 0 unspecified atom stereocenters. The number of benzene rings is 2. The summed E-state index contributed by atoms with van der Waals surface area (Å²) in [6, 6.07) is 8.25. The minimum atomic E-state index is -0.684. The second-order valence-corrected chi connectivity index (χ2v) is 5.42. The van der Waals surface area contributed by atoms with Gasteiger partial charge in [-0.3, -0.25) is 20.2 Å². The van der Waals surface area contributed by atoms with Crippen LogP contribution in [0.5, 0.6) is 5.75 Å². The second-order valence-electron chi connectivity index (χ2n) is 4.39. The minimum Gasteiger partial charge on any atom is -0.502 e. The average Bonchev–Trinajstić information content (AvgIpc) is 2.90. The van der Waals surface area contributed by atoms with Gasteiger partial charge in [-0.2, -0.15) is 0 Å². The molecule has 9 heteroatoms. The van der Waals surface area contributed by atoms with Gasteiger partial charge in [0.2, 0.25) is 0 Å². The molecule has 2 aromatic carbocycles. The van der Waals surface area contributed by atoms with Gasteiger partial charge in [-0.05, 0) is 18.2 Å². The first-order chi connectivity index (χ1) is 10.5. The van der Waals surface area contributed by atoms with Crippen molar-refractivity contribution in [3.05, 3.63) is 56.6 Å². The molecule has 0 bridgehead atoms. The Bertz CT molecular complexity index is 921. The zero-order chi connectivity index (χ0) is 15.9. The number of hydrogen-bond donors (Lipinski definition) is 1. The summed E-state index contributed by atoms with van der Waals surface area (Å²) in [5, 5.41) is 31.6. The number of nitro benzene ring substituents is 2. The maximum Gasteiger partial charge on any atom is 0.311 e. The van der Waals surface area contributed by atoms with Crippen LogP contribution in [0.3, 0.4) is 0 Å². The Labute approximate surface area is 126 Å². The summed E-state index contributed by atoms with van der Waals surface area (Å²) in [4.78, 5) is 24.7. The topological polar surface area (TPSA) is 119 Å². The third-order valence-corrected chi connectivity index (χ3v) is 4.07. The van der Waals surface area contributed by atoms with E-state index in [2.05, 4.69) is 4.98 Å². The van der Waals surface area contributed by atoms with Crippen molar-refractivity contribution in [3.8, 4) is 16.3 Å². The van der Waals surface area contributed by atoms with E-state index >= 15 is 0 Å². The van der Waals surface area contributed by atoms with Gasteiger partial charge in [0, 0.05) is 23.8 Å². The van der Waals surface area contributed by atoms with Crippen LogP contribution in [0.25, 0.3) is 20.8 Å². The van der Waals surface area contributed by atoms with Gasteiger partial charge in [-0.1, -0.05) is 0 Å². The Morgan fingerprint density at radius 1 is 1.05 bits per heavy atom. The third-order valence-electron chi connectivity index (χ3n) is 3.00. The molecule has 3 rings (SSSR count). The molecule has 0 spiro atoms. The summed E-state index contributed by atoms with van der Waals surface area (Å²) < 4.78 is 0.611. The van der Waals surface area contributed by atoms with Crippen molar-refractivity contribution in [2.45, 2.75) is 0 Å². The fourth-order valence-corrected chi connectivity index (χ4v) is 2.95. The Kier molecular flexibility index (Phi) is 3.18. The Balaban J connectivity index is 2.12. The predicted octanol–water partition coefficient (Wildman–Crippen LogP) is 3.49. The minimum absolute atomic E-state index is 0.0422. The van der Waals surface area contributed by atoms with Gasteiger partial charge < -0.3 is 5.11 Å². The Morgan fingerprint density at radius 3 is 2.50 bits per heavy atom. The maximum absolute atomic E-state index is 10.9. The normalized spacial score (nSPS) is 10.7. The number of fused-ring (bicyclic) bond motifs is 1. The number of phenolic OH excluding ortho intramolecular Hbond substituents is 1. The molecule has 1 heterocycles. The summed E-state index contributed by atoms with van der Waals surface area (Å²) >= 11 is 1.19. The number of thiazole rings is 1. The van der Waals surface area contributed by atoms with Crippen LogP contribution in [0.2, 0.25) is 0 Å². The van der Waals surface area contributed by atoms with Crippen LogP contribution < -0.4 is 0 Å². The van der Waals surface area contributed by atoms with E-state index in [0.29, 0.717) is 20.8 Å². The summed E-state index contributed by atoms with van der Waals surface area (Å²) in [5.74, 6) is -0.425. The van der Waals surface area contributed by atoms with E-state index in [4.69, 9.17) is 0 Å². The fourth-order valence-electron chi connectivity index (χ4n) is 1.95. The van der Waals surface area contributed by atoms with Crippen molar-refractivity contribution in [2.75, 3.05) is 0 Å². The number of nitro groups is 2. The number of nitrogens with zero attached hydrogens (tertiary/aromatic N) is 3. The lowest BCUT2D eigenvalue weighted by Crippen LogP contribution is -1.89. The molecule has 8 nitrogen and oxygen atoms in total. The van der Waals surface area contributed by atoms with Crippen LogP contribution >= 0.6 is 11.3 Å². The van der Waals surface area contributed by atoms with Crippen LogP contribution in [0.15, 0.2) is 36.4 Å². The lowest BCUT2D eigenvalue weighted by Gasteiger charge is -1.98. The number of rotatable bonds is 3. The smallest absolute Gasteiger partial charge is 0.311 e. The summed E-state index contributed by atoms with van der Waals surface area (Å²) in [7, 11) is 0. The molecule has 3 aromatic rings. The highest BCUT2D eigenvalue weighted by atomic mass is 32.1. The average molecular weight is 317 g/mol. The number of phenols is 1. The van der Waals surface area contributed by atoms with Gasteiger partial charge in [0.25, 0.3) is 5.69 Å². The van der Waals surface area contributed by atoms with Gasteiger partial charge in [0.05, 0.1) is 20.1 Å². The first-order valence-corrected chi connectivity index (χ1v) is 6.80. The Hall–Kier alpha value is -3.07. The highest BCUT2D eigenvalue weighted by Crippen LogP contribution is 2.36. The molecule has 0 atom stereocenters. The SMILES string of the molecule is O=[N+]([O-])c1ccc2nc(-c3ccc(O)c([N+](=O)[O-])c3)sc2c1. The van der Waals surface area contributed by atoms with Gasteiger partial charge >= 0.3 is 5.69 Å². The molecule has 0 aliphatic carbocycles. The van der Waals surface area contributed by atoms with Gasteiger partial charge in [-0.15, -0.1) is 11.3 Å². The molecular formula is C13H7N3O5S. The molecule has 0 aliphatic rings. The monoisotopic (exact) mass is 317 g/mol. The molecular weight excluding hydrogens is 310 g/mol. The van der Waals surface area contributed by atoms with Crippen LogP contribution in [0.1, 0.15) is 0 Å². The van der Waals surface area contributed by atoms with Crippen molar-refractivity contribution in [3.63, 3.8) is 0 Å². The Morgan fingerprint density at radius 2 is 1.82 bits per heavy atom. The zero-order valence-corrected chi connectivity index (χ0v) is 11.6. The van der Waals surface area contributed by atoms with Crippen LogP contribution in [0.4, 0.5) is 11.4 Å². The first kappa shape index (κ1) is 13.9. The zero-order valence-electron chi connectivity index (χ0n) is 10.8. The lowest BCUT2D eigenvalue weighted by atomic mass is 10.2. The van der Waals surface area contributed by atoms with E-state index < -0.39 is 21.3 Å². The van der Waals surface area contributed by atoms with E-state index in [1.54, 1.807) is 0 Å². The van der Waals surface area contributed by atoms with Gasteiger partial charge in [0.15, 0.2) is 5.75 Å². The number of non-ortho nitro benzene ring substituents is 1. The first-order valence-electron chi connectivity index (χ1n) is 5.98. The van der Waals surface area contributed by atoms with Crippen LogP contribution in [-0.2, 0) is 0 Å². The molecule has 0 fully saturated rings. The van der Waals surface area contributed by atoms with E-state index in [-0.39, 0.29) is 5.69 Å². The second kappa shape index (κ2) is 5.04. The van der Waals surface area contributed by atoms with E-state index in [0.717, 1.165) is 0 Å². The number of aromatic nitrogens is 1. The van der Waals surface area contributed by atoms with Crippen molar-refractivity contribution < 1.29 is 15.0 Å². The quantitative estimate of drug-likeness (QED) is 0.583. The molecule has 0 saturated heterocycles. The molecule has 0 radical (unpaired) electrons. The van der Waals surface area contributed by atoms with Crippen LogP contribution in [0, 0.1) is 20.2 Å². The molecule has 1 aromatic heterocycles. The van der Waals surface area contributed by atoms with E-state index in [1.807, 2.05) is 0 Å². The standard InChI is InChI=1S/C13H7N3O5S/c17-11-4-1-7(5-10(11)16(20)21)13-14-9-3-2-8(15(18)19)6-12(9)22-13/h1-6,17H. The highest BCUT2D eigenvalue weighted by Gasteiger charge is 2.17. The highest BCUT2D eigenvalue weighted by molar-refractivity contribution is 7.21. The molecule has 22 heavy (non-hydrogen) atoms. The van der Waals surface area contributed by atoms with Crippen molar-refractivity contribution >= 4 is 32.9 Å². The van der Waals surface area contributed by atoms with Crippen molar-refractivity contribution in [1.82, 2.24) is 4.98 Å². The maximum atomic E-state index is 10.9. The molecule has 0 aliphatic heterocycles. The van der Waals surface area contributed by atoms with Crippen molar-refractivity contribution in [1.29, 1.82) is 0 Å². The van der Waals surface area contributed by atoms with E-state index in [1.165, 1.54) is 47.7 Å². The fraction of sp³-hybridized carbons (Fsp3) is 0. The summed E-state index contributed by atoms with van der Waals surface area (Å²) in [5.41, 5.74) is 0.580. The largest absolute Gasteiger partial charge is 0.502 e. The number of aromatic hydroxyl groups is 1. The predicted molar refractivity (Wildman–Crippen MR) is 80.0 cm³/mol. The van der Waals surface area contributed by atoms with Gasteiger partial charge in [-0.25, -0.2) is 4.98 Å². The third kappa shape index (κ3) is 2.33. The summed E-state index contributed by atoms with van der Waals surface area (Å²) in [6.45, 7) is 0. The molecule has 0 amide bonds. The van der Waals surface area contributed by atoms with Crippen LogP contribution in [-0.4, -0.2) is 19.9 Å². The lowest BCUT2D eigenvalue weighted by molar-refractivity contribution is -0.385.